The number of ketones is 1. The average Bonchev–Trinajstić information content (AvgIpc) is 2.99. The van der Waals surface area contributed by atoms with Crippen LogP contribution in [0.25, 0.3) is 11.1 Å². The van der Waals surface area contributed by atoms with Crippen molar-refractivity contribution >= 4 is 29.4 Å². The van der Waals surface area contributed by atoms with Crippen molar-refractivity contribution in [1.82, 2.24) is 21.3 Å². The molecule has 4 rings (SSSR count). The second kappa shape index (κ2) is 14.0. The van der Waals surface area contributed by atoms with Gasteiger partial charge in [0.25, 0.3) is 5.91 Å². The molecular weight excluding hydrogens is 520 g/mol. The zero-order chi connectivity index (χ0) is 29.2. The van der Waals surface area contributed by atoms with Gasteiger partial charge in [0.05, 0.1) is 6.54 Å². The third-order valence-corrected chi connectivity index (χ3v) is 6.93. The summed E-state index contributed by atoms with van der Waals surface area (Å²) in [6.07, 6.45) is 1.44. The number of carbonyl (C=O) groups excluding carboxylic acids is 5. The molecule has 4 bridgehead atoms. The topological polar surface area (TPSA) is 133 Å². The van der Waals surface area contributed by atoms with E-state index in [-0.39, 0.29) is 25.3 Å². The lowest BCUT2D eigenvalue weighted by Gasteiger charge is -2.21. The third-order valence-electron chi connectivity index (χ3n) is 6.93. The number of hydrogen-bond donors (Lipinski definition) is 4. The summed E-state index contributed by atoms with van der Waals surface area (Å²) in [5.41, 5.74) is 4.87. The molecule has 0 spiro atoms. The van der Waals surface area contributed by atoms with Crippen LogP contribution in [0.5, 0.6) is 0 Å². The molecule has 3 aromatic carbocycles. The Bertz CT molecular complexity index is 1420. The van der Waals surface area contributed by atoms with Gasteiger partial charge >= 0.3 is 0 Å². The molecule has 9 nitrogen and oxygen atoms in total. The summed E-state index contributed by atoms with van der Waals surface area (Å²) < 4.78 is 0. The Morgan fingerprint density at radius 3 is 2.12 bits per heavy atom. The summed E-state index contributed by atoms with van der Waals surface area (Å²) in [7, 11) is 0. The van der Waals surface area contributed by atoms with E-state index in [9.17, 15) is 24.0 Å². The summed E-state index contributed by atoms with van der Waals surface area (Å²) in [4.78, 5) is 63.2. The molecule has 0 saturated carbocycles. The Balaban J connectivity index is 1.45. The maximum atomic E-state index is 13.1. The zero-order valence-electron chi connectivity index (χ0n) is 22.9. The first-order chi connectivity index (χ1) is 19.8. The van der Waals surface area contributed by atoms with Gasteiger partial charge in [-0.3, -0.25) is 24.0 Å². The molecular formula is C32H34N4O5. The predicted octanol–water partition coefficient (Wildman–Crippen LogP) is 2.22. The molecule has 1 unspecified atom stereocenters. The number of benzene rings is 3. The van der Waals surface area contributed by atoms with Crippen molar-refractivity contribution in [1.29, 1.82) is 0 Å². The average molecular weight is 555 g/mol. The molecule has 2 atom stereocenters. The molecule has 1 aliphatic rings. The second-order valence-electron chi connectivity index (χ2n) is 10.1. The SMILES string of the molecule is C[C@@H]1NC(=O)CCc2cccc(c2)-c2cccc(c2)CCC(C(=O)NCC(=O)C(=O)NCc2ccccc2)NC1=O. The maximum Gasteiger partial charge on any atom is 0.289 e. The highest BCUT2D eigenvalue weighted by Crippen LogP contribution is 2.23. The van der Waals surface area contributed by atoms with E-state index in [0.717, 1.165) is 27.8 Å². The Morgan fingerprint density at radius 1 is 0.780 bits per heavy atom. The van der Waals surface area contributed by atoms with Crippen LogP contribution in [0.15, 0.2) is 78.9 Å². The first-order valence-corrected chi connectivity index (χ1v) is 13.7. The van der Waals surface area contributed by atoms with Crippen LogP contribution in [-0.4, -0.2) is 48.0 Å². The lowest BCUT2D eigenvalue weighted by Crippen LogP contribution is -2.53. The van der Waals surface area contributed by atoms with E-state index in [1.54, 1.807) is 6.92 Å². The minimum absolute atomic E-state index is 0.186. The normalized spacial score (nSPS) is 17.5. The summed E-state index contributed by atoms with van der Waals surface area (Å²) in [5, 5.41) is 10.4. The predicted molar refractivity (Wildman–Crippen MR) is 154 cm³/mol. The number of aryl methyl sites for hydroxylation is 2. The lowest BCUT2D eigenvalue weighted by atomic mass is 9.97. The van der Waals surface area contributed by atoms with E-state index >= 15 is 0 Å². The first-order valence-electron chi connectivity index (χ1n) is 13.7. The maximum absolute atomic E-state index is 13.1. The fourth-order valence-electron chi connectivity index (χ4n) is 4.57. The molecule has 0 aliphatic carbocycles. The summed E-state index contributed by atoms with van der Waals surface area (Å²) in [5.74, 6) is -3.00. The summed E-state index contributed by atoms with van der Waals surface area (Å²) in [6.45, 7) is 1.23. The van der Waals surface area contributed by atoms with Gasteiger partial charge in [0.1, 0.15) is 12.1 Å². The number of carbonyl (C=O) groups is 5. The van der Waals surface area contributed by atoms with E-state index < -0.39 is 42.1 Å². The Hall–Kier alpha value is -4.79. The number of fused-ring (bicyclic) bond motifs is 5. The quantitative estimate of drug-likeness (QED) is 0.347. The fraction of sp³-hybridized carbons (Fsp3) is 0.281. The van der Waals surface area contributed by atoms with Crippen LogP contribution in [0, 0.1) is 0 Å². The van der Waals surface area contributed by atoms with Crippen molar-refractivity contribution in [3.05, 3.63) is 95.6 Å². The van der Waals surface area contributed by atoms with Gasteiger partial charge in [-0.25, -0.2) is 0 Å². The highest BCUT2D eigenvalue weighted by atomic mass is 16.2. The van der Waals surface area contributed by atoms with Crippen LogP contribution in [0.1, 0.15) is 36.5 Å². The molecule has 212 valence electrons. The zero-order valence-corrected chi connectivity index (χ0v) is 22.9. The fourth-order valence-corrected chi connectivity index (χ4v) is 4.57. The van der Waals surface area contributed by atoms with Gasteiger partial charge in [0.15, 0.2) is 0 Å². The van der Waals surface area contributed by atoms with Gasteiger partial charge in [-0.2, -0.15) is 0 Å². The molecule has 1 aliphatic heterocycles. The van der Waals surface area contributed by atoms with E-state index in [1.807, 2.05) is 72.8 Å². The van der Waals surface area contributed by atoms with Crippen molar-refractivity contribution in [3.63, 3.8) is 0 Å². The molecule has 0 aromatic heterocycles. The number of rotatable bonds is 6. The van der Waals surface area contributed by atoms with Crippen LogP contribution in [-0.2, 0) is 43.4 Å². The van der Waals surface area contributed by atoms with Crippen molar-refractivity contribution in [3.8, 4) is 11.1 Å². The number of nitrogens with one attached hydrogen (secondary N) is 4. The minimum Gasteiger partial charge on any atom is -0.347 e. The summed E-state index contributed by atoms with van der Waals surface area (Å²) >= 11 is 0. The van der Waals surface area contributed by atoms with Crippen LogP contribution in [0.2, 0.25) is 0 Å². The Labute approximate surface area is 239 Å². The number of hydrogen-bond acceptors (Lipinski definition) is 5. The van der Waals surface area contributed by atoms with E-state index in [4.69, 9.17) is 0 Å². The van der Waals surface area contributed by atoms with Crippen LogP contribution >= 0.6 is 0 Å². The second-order valence-corrected chi connectivity index (χ2v) is 10.1. The van der Waals surface area contributed by atoms with E-state index in [0.29, 0.717) is 12.8 Å². The standard InChI is InChI=1S/C32H34N4O5/c1-21-30(39)36-27(31(40)34-20-28(37)32(41)33-19-24-7-3-2-4-8-24)15-13-22-9-5-11-25(17-22)26-12-6-10-23(18-26)14-16-29(38)35-21/h2-12,17-18,21,27H,13-16,19-20H2,1H3,(H,33,41)(H,34,40)(H,35,38)(H,36,39)/t21-,27?/m0/s1. The van der Waals surface area contributed by atoms with Gasteiger partial charge in [-0.05, 0) is 54.0 Å². The highest BCUT2D eigenvalue weighted by Gasteiger charge is 2.25. The largest absolute Gasteiger partial charge is 0.347 e. The van der Waals surface area contributed by atoms with Crippen LogP contribution in [0.4, 0.5) is 0 Å². The molecule has 0 radical (unpaired) electrons. The lowest BCUT2D eigenvalue weighted by molar-refractivity contribution is -0.138. The highest BCUT2D eigenvalue weighted by molar-refractivity contribution is 6.37. The number of amides is 4. The third kappa shape index (κ3) is 8.60. The van der Waals surface area contributed by atoms with Crippen molar-refractivity contribution in [2.75, 3.05) is 6.54 Å². The molecule has 4 amide bonds. The van der Waals surface area contributed by atoms with Crippen molar-refractivity contribution in [2.24, 2.45) is 0 Å². The molecule has 9 heteroatoms. The Kier molecular flexibility index (Phi) is 9.99. The van der Waals surface area contributed by atoms with Gasteiger partial charge in [0, 0.05) is 13.0 Å². The summed E-state index contributed by atoms with van der Waals surface area (Å²) in [6, 6.07) is 23.2. The van der Waals surface area contributed by atoms with Crippen LogP contribution in [0.3, 0.4) is 0 Å². The van der Waals surface area contributed by atoms with Crippen LogP contribution < -0.4 is 21.3 Å². The first kappa shape index (κ1) is 29.2. The number of Topliss-reactive ketones (excluding diaryl/α,β-unsaturated/α-hetero) is 1. The molecule has 3 aromatic rings. The van der Waals surface area contributed by atoms with Gasteiger partial charge < -0.3 is 21.3 Å². The van der Waals surface area contributed by atoms with Gasteiger partial charge in [-0.1, -0.05) is 78.9 Å². The van der Waals surface area contributed by atoms with Gasteiger partial charge in [-0.15, -0.1) is 0 Å². The van der Waals surface area contributed by atoms with Gasteiger partial charge in [0.2, 0.25) is 23.5 Å². The monoisotopic (exact) mass is 554 g/mol. The van der Waals surface area contributed by atoms with E-state index in [2.05, 4.69) is 27.3 Å². The van der Waals surface area contributed by atoms with Crippen molar-refractivity contribution in [2.45, 2.75) is 51.2 Å². The molecule has 4 N–H and O–H groups in total. The van der Waals surface area contributed by atoms with E-state index in [1.165, 1.54) is 0 Å². The molecule has 1 heterocycles. The molecule has 41 heavy (non-hydrogen) atoms. The Morgan fingerprint density at radius 2 is 1.44 bits per heavy atom. The minimum atomic E-state index is -0.984. The molecule has 0 saturated heterocycles. The smallest absolute Gasteiger partial charge is 0.289 e. The van der Waals surface area contributed by atoms with Crippen molar-refractivity contribution < 1.29 is 24.0 Å². The molecule has 0 fully saturated rings.